The molecule has 1 heterocycles. The summed E-state index contributed by atoms with van der Waals surface area (Å²) < 4.78 is 13.2. The number of carbonyl (C=O) groups is 2. The summed E-state index contributed by atoms with van der Waals surface area (Å²) >= 11 is 0. The Labute approximate surface area is 149 Å². The second-order valence-corrected chi connectivity index (χ2v) is 6.91. The van der Waals surface area contributed by atoms with Crippen molar-refractivity contribution in [3.8, 4) is 0 Å². The van der Waals surface area contributed by atoms with Gasteiger partial charge in [-0.05, 0) is 36.5 Å². The Bertz CT molecular complexity index is 584. The average molecular weight is 349 g/mol. The average Bonchev–Trinajstić information content (AvgIpc) is 2.59. The van der Waals surface area contributed by atoms with E-state index >= 15 is 0 Å². The van der Waals surface area contributed by atoms with E-state index in [-0.39, 0.29) is 17.8 Å². The largest absolute Gasteiger partial charge is 0.339 e. The second kappa shape index (κ2) is 9.39. The SMILES string of the molecule is CC(C)CCNC(=O)N1CCN(C(=O)CCc2cccc(F)c2)CC1. The molecule has 0 radical (unpaired) electrons. The fourth-order valence-corrected chi connectivity index (χ4v) is 2.84. The van der Waals surface area contributed by atoms with Crippen LogP contribution in [0.5, 0.6) is 0 Å². The van der Waals surface area contributed by atoms with Crippen LogP contribution in [0.25, 0.3) is 0 Å². The summed E-state index contributed by atoms with van der Waals surface area (Å²) in [4.78, 5) is 27.9. The summed E-state index contributed by atoms with van der Waals surface area (Å²) in [7, 11) is 0. The van der Waals surface area contributed by atoms with Gasteiger partial charge in [-0.15, -0.1) is 0 Å². The molecule has 1 aliphatic rings. The summed E-state index contributed by atoms with van der Waals surface area (Å²) in [6, 6.07) is 6.30. The smallest absolute Gasteiger partial charge is 0.317 e. The maximum Gasteiger partial charge on any atom is 0.317 e. The number of carbonyl (C=O) groups excluding carboxylic acids is 2. The minimum Gasteiger partial charge on any atom is -0.339 e. The van der Waals surface area contributed by atoms with Crippen LogP contribution in [0.1, 0.15) is 32.3 Å². The summed E-state index contributed by atoms with van der Waals surface area (Å²) in [5, 5.41) is 2.93. The molecule has 6 heteroatoms. The number of hydrogen-bond donors (Lipinski definition) is 1. The van der Waals surface area contributed by atoms with Crippen LogP contribution >= 0.6 is 0 Å². The molecule has 1 aromatic rings. The van der Waals surface area contributed by atoms with Crippen LogP contribution in [0.3, 0.4) is 0 Å². The number of halogens is 1. The first-order valence-corrected chi connectivity index (χ1v) is 9.00. The van der Waals surface area contributed by atoms with Gasteiger partial charge in [-0.3, -0.25) is 4.79 Å². The molecule has 5 nitrogen and oxygen atoms in total. The van der Waals surface area contributed by atoms with Gasteiger partial charge in [0.1, 0.15) is 5.82 Å². The third-order valence-corrected chi connectivity index (χ3v) is 4.43. The van der Waals surface area contributed by atoms with Crippen LogP contribution in [0.4, 0.5) is 9.18 Å². The number of hydrogen-bond acceptors (Lipinski definition) is 2. The van der Waals surface area contributed by atoms with E-state index in [0.717, 1.165) is 12.0 Å². The molecule has 1 fully saturated rings. The van der Waals surface area contributed by atoms with Gasteiger partial charge in [-0.2, -0.15) is 0 Å². The highest BCUT2D eigenvalue weighted by molar-refractivity contribution is 5.78. The van der Waals surface area contributed by atoms with E-state index in [2.05, 4.69) is 19.2 Å². The van der Waals surface area contributed by atoms with Crippen molar-refractivity contribution in [2.75, 3.05) is 32.7 Å². The Hall–Kier alpha value is -2.11. The zero-order chi connectivity index (χ0) is 18.2. The molecule has 1 saturated heterocycles. The summed E-state index contributed by atoms with van der Waals surface area (Å²) in [6.45, 7) is 7.15. The lowest BCUT2D eigenvalue weighted by Crippen LogP contribution is -2.53. The predicted octanol–water partition coefficient (Wildman–Crippen LogP) is 2.66. The Morgan fingerprint density at radius 3 is 2.48 bits per heavy atom. The van der Waals surface area contributed by atoms with Gasteiger partial charge < -0.3 is 15.1 Å². The van der Waals surface area contributed by atoms with E-state index in [1.54, 1.807) is 15.9 Å². The lowest BCUT2D eigenvalue weighted by Gasteiger charge is -2.34. The normalized spacial score (nSPS) is 14.7. The van der Waals surface area contributed by atoms with Crippen LogP contribution in [-0.4, -0.2) is 54.5 Å². The van der Waals surface area contributed by atoms with Gasteiger partial charge in [0.2, 0.25) is 5.91 Å². The van der Waals surface area contributed by atoms with Gasteiger partial charge in [0.05, 0.1) is 0 Å². The first-order chi connectivity index (χ1) is 12.0. The van der Waals surface area contributed by atoms with Crippen LogP contribution in [-0.2, 0) is 11.2 Å². The summed E-state index contributed by atoms with van der Waals surface area (Å²) in [6.07, 6.45) is 1.86. The molecule has 1 N–H and O–H groups in total. The molecule has 0 spiro atoms. The fourth-order valence-electron chi connectivity index (χ4n) is 2.84. The minimum atomic E-state index is -0.276. The highest BCUT2D eigenvalue weighted by Gasteiger charge is 2.23. The van der Waals surface area contributed by atoms with Crippen molar-refractivity contribution >= 4 is 11.9 Å². The van der Waals surface area contributed by atoms with E-state index in [4.69, 9.17) is 0 Å². The highest BCUT2D eigenvalue weighted by atomic mass is 19.1. The molecular weight excluding hydrogens is 321 g/mol. The zero-order valence-corrected chi connectivity index (χ0v) is 15.1. The predicted molar refractivity (Wildman–Crippen MR) is 95.7 cm³/mol. The van der Waals surface area contributed by atoms with E-state index in [9.17, 15) is 14.0 Å². The van der Waals surface area contributed by atoms with Crippen molar-refractivity contribution in [1.82, 2.24) is 15.1 Å². The third-order valence-electron chi connectivity index (χ3n) is 4.43. The maximum absolute atomic E-state index is 13.2. The highest BCUT2D eigenvalue weighted by Crippen LogP contribution is 2.10. The van der Waals surface area contributed by atoms with E-state index in [1.165, 1.54) is 12.1 Å². The Kier molecular flexibility index (Phi) is 7.22. The molecule has 25 heavy (non-hydrogen) atoms. The molecule has 1 aliphatic heterocycles. The van der Waals surface area contributed by atoms with Crippen LogP contribution in [0.15, 0.2) is 24.3 Å². The van der Waals surface area contributed by atoms with E-state index in [0.29, 0.717) is 51.5 Å². The third kappa shape index (κ3) is 6.36. The van der Waals surface area contributed by atoms with Crippen LogP contribution < -0.4 is 5.32 Å². The lowest BCUT2D eigenvalue weighted by molar-refractivity contribution is -0.132. The van der Waals surface area contributed by atoms with Gasteiger partial charge >= 0.3 is 6.03 Å². The number of aryl methyl sites for hydroxylation is 1. The van der Waals surface area contributed by atoms with Crippen molar-refractivity contribution < 1.29 is 14.0 Å². The topological polar surface area (TPSA) is 52.7 Å². The molecule has 0 saturated carbocycles. The molecule has 1 aromatic carbocycles. The van der Waals surface area contributed by atoms with Gasteiger partial charge in [0.15, 0.2) is 0 Å². The fraction of sp³-hybridized carbons (Fsp3) is 0.579. The molecule has 0 aliphatic carbocycles. The molecule has 0 bridgehead atoms. The lowest BCUT2D eigenvalue weighted by atomic mass is 10.1. The number of benzene rings is 1. The number of amides is 3. The van der Waals surface area contributed by atoms with Gasteiger partial charge in [-0.25, -0.2) is 9.18 Å². The Morgan fingerprint density at radius 1 is 1.16 bits per heavy atom. The number of urea groups is 1. The number of nitrogens with one attached hydrogen (secondary N) is 1. The molecule has 3 amide bonds. The molecule has 0 atom stereocenters. The number of piperazine rings is 1. The molecule has 0 aromatic heterocycles. The summed E-state index contributed by atoms with van der Waals surface area (Å²) in [5.74, 6) is 0.346. The maximum atomic E-state index is 13.2. The van der Waals surface area contributed by atoms with Crippen LogP contribution in [0.2, 0.25) is 0 Å². The number of nitrogens with zero attached hydrogens (tertiary/aromatic N) is 2. The monoisotopic (exact) mass is 349 g/mol. The quantitative estimate of drug-likeness (QED) is 0.858. The van der Waals surface area contributed by atoms with Gasteiger partial charge in [-0.1, -0.05) is 26.0 Å². The minimum absolute atomic E-state index is 0.0486. The molecule has 2 rings (SSSR count). The Morgan fingerprint density at radius 2 is 1.84 bits per heavy atom. The second-order valence-electron chi connectivity index (χ2n) is 6.91. The van der Waals surface area contributed by atoms with Crippen molar-refractivity contribution in [2.24, 2.45) is 5.92 Å². The number of rotatable bonds is 6. The standard InChI is InChI=1S/C19H28FN3O2/c1-15(2)8-9-21-19(25)23-12-10-22(11-13-23)18(24)7-6-16-4-3-5-17(20)14-16/h3-5,14-15H,6-13H2,1-2H3,(H,21,25). The van der Waals surface area contributed by atoms with Crippen molar-refractivity contribution in [3.63, 3.8) is 0 Å². The van der Waals surface area contributed by atoms with E-state index in [1.807, 2.05) is 6.07 Å². The van der Waals surface area contributed by atoms with Gasteiger partial charge in [0, 0.05) is 39.1 Å². The Balaban J connectivity index is 1.70. The summed E-state index contributed by atoms with van der Waals surface area (Å²) in [5.41, 5.74) is 0.830. The van der Waals surface area contributed by atoms with Crippen LogP contribution in [0, 0.1) is 11.7 Å². The van der Waals surface area contributed by atoms with Gasteiger partial charge in [0.25, 0.3) is 0 Å². The van der Waals surface area contributed by atoms with E-state index < -0.39 is 0 Å². The first-order valence-electron chi connectivity index (χ1n) is 9.00. The zero-order valence-electron chi connectivity index (χ0n) is 15.1. The molecule has 138 valence electrons. The molecular formula is C19H28FN3O2. The molecule has 0 unspecified atom stereocenters. The van der Waals surface area contributed by atoms with Crippen molar-refractivity contribution in [2.45, 2.75) is 33.1 Å². The first kappa shape index (κ1) is 19.2. The van der Waals surface area contributed by atoms with Crippen molar-refractivity contribution in [3.05, 3.63) is 35.6 Å². The van der Waals surface area contributed by atoms with Crippen molar-refractivity contribution in [1.29, 1.82) is 0 Å².